The van der Waals surface area contributed by atoms with Gasteiger partial charge in [0.05, 0.1) is 5.57 Å². The summed E-state index contributed by atoms with van der Waals surface area (Å²) in [7, 11) is -4.56. The van der Waals surface area contributed by atoms with Crippen molar-refractivity contribution in [2.75, 3.05) is 0 Å². The molecular formula is C7H6O5S2. The zero-order chi connectivity index (χ0) is 10.9. The summed E-state index contributed by atoms with van der Waals surface area (Å²) in [5, 5.41) is 8.65. The van der Waals surface area contributed by atoms with Crippen molar-refractivity contribution in [1.29, 1.82) is 0 Å². The number of aliphatic carboxylic acids is 1. The summed E-state index contributed by atoms with van der Waals surface area (Å²) < 4.78 is 30.4. The predicted octanol–water partition coefficient (Wildman–Crippen LogP) is 0.543. The van der Waals surface area contributed by atoms with Gasteiger partial charge in [-0.05, 0) is 6.08 Å². The highest BCUT2D eigenvalue weighted by molar-refractivity contribution is 7.93. The molecule has 76 valence electrons. The van der Waals surface area contributed by atoms with Crippen LogP contribution >= 0.6 is 12.2 Å². The molecule has 0 atom stereocenters. The van der Waals surface area contributed by atoms with E-state index in [9.17, 15) is 13.2 Å². The lowest BCUT2D eigenvalue weighted by Crippen LogP contribution is -2.19. The van der Waals surface area contributed by atoms with Crippen LogP contribution in [0.2, 0.25) is 0 Å². The summed E-state index contributed by atoms with van der Waals surface area (Å²) in [6.07, 6.45) is 2.68. The third-order valence-corrected chi connectivity index (χ3v) is 3.06. The molecule has 0 radical (unpaired) electrons. The fourth-order valence-electron chi connectivity index (χ4n) is 1.05. The highest BCUT2D eigenvalue weighted by atomic mass is 32.2. The Bertz CT molecular complexity index is 454. The SMILES string of the molecule is O=C(O)C1=C(S(=O)(=O)O)C(=S)CC=C1. The monoisotopic (exact) mass is 234 g/mol. The molecule has 14 heavy (non-hydrogen) atoms. The third kappa shape index (κ3) is 2.06. The molecule has 0 aromatic rings. The number of carbonyl (C=O) groups is 1. The topological polar surface area (TPSA) is 91.7 Å². The van der Waals surface area contributed by atoms with Crippen LogP contribution in [0.3, 0.4) is 0 Å². The van der Waals surface area contributed by atoms with Crippen molar-refractivity contribution < 1.29 is 22.9 Å². The number of hydrogen-bond donors (Lipinski definition) is 2. The van der Waals surface area contributed by atoms with Gasteiger partial charge in [0.15, 0.2) is 0 Å². The van der Waals surface area contributed by atoms with Crippen molar-refractivity contribution in [3.05, 3.63) is 22.6 Å². The zero-order valence-electron chi connectivity index (χ0n) is 6.80. The lowest BCUT2D eigenvalue weighted by atomic mass is 10.1. The van der Waals surface area contributed by atoms with E-state index in [4.69, 9.17) is 9.66 Å². The quantitative estimate of drug-likeness (QED) is 0.535. The molecule has 0 aromatic carbocycles. The van der Waals surface area contributed by atoms with Gasteiger partial charge in [-0.1, -0.05) is 18.3 Å². The number of carboxylic acids is 1. The molecule has 1 aliphatic rings. The second-order valence-electron chi connectivity index (χ2n) is 2.55. The molecule has 0 fully saturated rings. The van der Waals surface area contributed by atoms with E-state index in [-0.39, 0.29) is 11.3 Å². The van der Waals surface area contributed by atoms with E-state index in [1.54, 1.807) is 0 Å². The van der Waals surface area contributed by atoms with Crippen molar-refractivity contribution in [2.45, 2.75) is 6.42 Å². The van der Waals surface area contributed by atoms with Crippen LogP contribution in [0, 0.1) is 0 Å². The van der Waals surface area contributed by atoms with Crippen LogP contribution in [-0.4, -0.2) is 28.9 Å². The van der Waals surface area contributed by atoms with Crippen molar-refractivity contribution in [3.8, 4) is 0 Å². The largest absolute Gasteiger partial charge is 0.478 e. The standard InChI is InChI=1S/C7H6O5S2/c8-7(9)4-2-1-3-5(13)6(4)14(10,11)12/h1-2H,3H2,(H,8,9)(H,10,11,12). The first-order valence-electron chi connectivity index (χ1n) is 3.49. The van der Waals surface area contributed by atoms with Gasteiger partial charge in [-0.3, -0.25) is 4.55 Å². The fourth-order valence-corrected chi connectivity index (χ4v) is 2.38. The van der Waals surface area contributed by atoms with Crippen LogP contribution in [0.25, 0.3) is 0 Å². The Kier molecular flexibility index (Phi) is 2.84. The summed E-state index contributed by atoms with van der Waals surface area (Å²) in [5.74, 6) is -1.43. The van der Waals surface area contributed by atoms with Crippen molar-refractivity contribution in [3.63, 3.8) is 0 Å². The van der Waals surface area contributed by atoms with Gasteiger partial charge >= 0.3 is 5.97 Å². The number of hydrogen-bond acceptors (Lipinski definition) is 4. The molecule has 0 amide bonds. The minimum atomic E-state index is -4.56. The molecule has 0 heterocycles. The summed E-state index contributed by atoms with van der Waals surface area (Å²) in [6, 6.07) is 0. The maximum absolute atomic E-state index is 10.8. The predicted molar refractivity (Wildman–Crippen MR) is 52.6 cm³/mol. The minimum Gasteiger partial charge on any atom is -0.478 e. The normalized spacial score (nSPS) is 17.4. The number of rotatable bonds is 2. The molecule has 0 bridgehead atoms. The van der Waals surface area contributed by atoms with Crippen LogP contribution < -0.4 is 0 Å². The van der Waals surface area contributed by atoms with E-state index in [0.717, 1.165) is 6.08 Å². The van der Waals surface area contributed by atoms with Gasteiger partial charge in [0.1, 0.15) is 4.91 Å². The summed E-state index contributed by atoms with van der Waals surface area (Å²) in [6.45, 7) is 0. The van der Waals surface area contributed by atoms with Crippen LogP contribution in [0.1, 0.15) is 6.42 Å². The summed E-state index contributed by atoms with van der Waals surface area (Å²) in [4.78, 5) is 9.84. The minimum absolute atomic E-state index is 0.0904. The molecule has 0 aliphatic heterocycles. The Balaban J connectivity index is 3.48. The smallest absolute Gasteiger partial charge is 0.337 e. The van der Waals surface area contributed by atoms with Crippen molar-refractivity contribution in [1.82, 2.24) is 0 Å². The van der Waals surface area contributed by atoms with Crippen LogP contribution in [0.4, 0.5) is 0 Å². The Morgan fingerprint density at radius 2 is 2.07 bits per heavy atom. The molecule has 2 N–H and O–H groups in total. The zero-order valence-corrected chi connectivity index (χ0v) is 8.43. The first-order chi connectivity index (χ1) is 6.34. The van der Waals surface area contributed by atoms with E-state index >= 15 is 0 Å². The molecular weight excluding hydrogens is 228 g/mol. The highest BCUT2D eigenvalue weighted by Gasteiger charge is 2.27. The molecule has 1 aliphatic carbocycles. The third-order valence-electron chi connectivity index (χ3n) is 1.57. The second kappa shape index (κ2) is 3.60. The van der Waals surface area contributed by atoms with Gasteiger partial charge in [0, 0.05) is 11.3 Å². The number of carboxylic acid groups (broad SMARTS) is 1. The van der Waals surface area contributed by atoms with E-state index in [0.29, 0.717) is 0 Å². The average molecular weight is 234 g/mol. The second-order valence-corrected chi connectivity index (χ2v) is 4.40. The molecule has 5 nitrogen and oxygen atoms in total. The number of thiocarbonyl (C=S) groups is 1. The lowest BCUT2D eigenvalue weighted by molar-refractivity contribution is -0.132. The molecule has 7 heteroatoms. The van der Waals surface area contributed by atoms with Gasteiger partial charge in [-0.15, -0.1) is 0 Å². The van der Waals surface area contributed by atoms with E-state index in [1.165, 1.54) is 6.08 Å². The van der Waals surface area contributed by atoms with Gasteiger partial charge in [-0.25, -0.2) is 4.79 Å². The molecule has 0 saturated heterocycles. The van der Waals surface area contributed by atoms with E-state index < -0.39 is 26.6 Å². The van der Waals surface area contributed by atoms with Gasteiger partial charge < -0.3 is 5.11 Å². The van der Waals surface area contributed by atoms with E-state index in [2.05, 4.69) is 12.2 Å². The fraction of sp³-hybridized carbons (Fsp3) is 0.143. The van der Waals surface area contributed by atoms with Crippen molar-refractivity contribution >= 4 is 33.2 Å². The maximum atomic E-state index is 10.8. The molecule has 0 saturated carbocycles. The molecule has 0 aromatic heterocycles. The van der Waals surface area contributed by atoms with Gasteiger partial charge in [-0.2, -0.15) is 8.42 Å². The molecule has 0 unspecified atom stereocenters. The average Bonchev–Trinajstić information content (AvgIpc) is 2.01. The Hall–Kier alpha value is -1.05. The Labute approximate surface area is 85.5 Å². The first-order valence-corrected chi connectivity index (χ1v) is 5.33. The van der Waals surface area contributed by atoms with Crippen molar-refractivity contribution in [2.24, 2.45) is 0 Å². The Morgan fingerprint density at radius 1 is 1.50 bits per heavy atom. The molecule has 1 rings (SSSR count). The van der Waals surface area contributed by atoms with Gasteiger partial charge in [0.2, 0.25) is 0 Å². The first kappa shape index (κ1) is 11.0. The summed E-state index contributed by atoms with van der Waals surface area (Å²) in [5.41, 5.74) is -0.497. The highest BCUT2D eigenvalue weighted by Crippen LogP contribution is 2.21. The van der Waals surface area contributed by atoms with Crippen LogP contribution in [-0.2, 0) is 14.9 Å². The summed E-state index contributed by atoms with van der Waals surface area (Å²) >= 11 is 4.66. The van der Waals surface area contributed by atoms with E-state index in [1.807, 2.05) is 0 Å². The van der Waals surface area contributed by atoms with Crippen LogP contribution in [0.15, 0.2) is 22.6 Å². The lowest BCUT2D eigenvalue weighted by Gasteiger charge is -2.10. The van der Waals surface area contributed by atoms with Gasteiger partial charge in [0.25, 0.3) is 10.1 Å². The Morgan fingerprint density at radius 3 is 2.43 bits per heavy atom. The molecule has 0 spiro atoms. The number of allylic oxidation sites excluding steroid dienone is 2. The maximum Gasteiger partial charge on any atom is 0.337 e. The van der Waals surface area contributed by atoms with Crippen LogP contribution in [0.5, 0.6) is 0 Å².